The van der Waals surface area contributed by atoms with Crippen LogP contribution in [0.1, 0.15) is 5.56 Å². The van der Waals surface area contributed by atoms with Crippen molar-refractivity contribution in [3.8, 4) is 22.5 Å². The van der Waals surface area contributed by atoms with Crippen molar-refractivity contribution in [2.24, 2.45) is 0 Å². The van der Waals surface area contributed by atoms with Gasteiger partial charge in [0, 0.05) is 32.9 Å². The predicted octanol–water partition coefficient (Wildman–Crippen LogP) is 10.4. The van der Waals surface area contributed by atoms with Gasteiger partial charge in [0.15, 0.2) is 5.69 Å². The van der Waals surface area contributed by atoms with E-state index in [9.17, 15) is 0 Å². The molecule has 8 rings (SSSR count). The summed E-state index contributed by atoms with van der Waals surface area (Å²) in [5.74, 6) is 0. The molecule has 0 bridgehead atoms. The summed E-state index contributed by atoms with van der Waals surface area (Å²) < 4.78 is 4.68. The molecule has 0 amide bonds. The Kier molecular flexibility index (Phi) is 5.10. The predicted molar refractivity (Wildman–Crippen MR) is 172 cm³/mol. The molecule has 2 heterocycles. The Labute approximate surface area is 238 Å². The van der Waals surface area contributed by atoms with Crippen LogP contribution in [0.2, 0.25) is 0 Å². The Morgan fingerprint density at radius 2 is 1.02 bits per heavy atom. The van der Waals surface area contributed by atoms with Crippen LogP contribution in [0, 0.1) is 13.5 Å². The van der Waals surface area contributed by atoms with Gasteiger partial charge < -0.3 is 9.13 Å². The fourth-order valence-electron chi connectivity index (χ4n) is 6.38. The first kappa shape index (κ1) is 23.3. The SMILES string of the molecule is [C-]#[N+]c1ccc(-n2c3ccccc3c3cc(-c4ccc5c(c4)c4ccccc4n5-c4ccccc4)ccc32)c(C)c1. The van der Waals surface area contributed by atoms with Crippen molar-refractivity contribution in [3.63, 3.8) is 0 Å². The second-order valence-corrected chi connectivity index (χ2v) is 10.6. The van der Waals surface area contributed by atoms with Crippen LogP contribution in [0.25, 0.3) is 71.0 Å². The first-order chi connectivity index (χ1) is 20.2. The highest BCUT2D eigenvalue weighted by atomic mass is 15.0. The van der Waals surface area contributed by atoms with Crippen LogP contribution in [0.15, 0.2) is 133 Å². The van der Waals surface area contributed by atoms with Gasteiger partial charge in [-0.25, -0.2) is 4.85 Å². The summed E-state index contributed by atoms with van der Waals surface area (Å²) in [7, 11) is 0. The largest absolute Gasteiger partial charge is 0.309 e. The van der Waals surface area contributed by atoms with Gasteiger partial charge in [0.1, 0.15) is 0 Å². The van der Waals surface area contributed by atoms with Gasteiger partial charge in [-0.3, -0.25) is 0 Å². The van der Waals surface area contributed by atoms with Crippen LogP contribution in [0.4, 0.5) is 5.69 Å². The quantitative estimate of drug-likeness (QED) is 0.205. The van der Waals surface area contributed by atoms with Crippen LogP contribution in [0.5, 0.6) is 0 Å². The first-order valence-corrected chi connectivity index (χ1v) is 13.8. The minimum Gasteiger partial charge on any atom is -0.309 e. The highest BCUT2D eigenvalue weighted by Gasteiger charge is 2.16. The summed E-state index contributed by atoms with van der Waals surface area (Å²) in [6.07, 6.45) is 0. The summed E-state index contributed by atoms with van der Waals surface area (Å²) in [5.41, 5.74) is 11.2. The van der Waals surface area contributed by atoms with E-state index >= 15 is 0 Å². The van der Waals surface area contributed by atoms with Crippen molar-refractivity contribution in [3.05, 3.63) is 150 Å². The van der Waals surface area contributed by atoms with Crippen LogP contribution >= 0.6 is 0 Å². The van der Waals surface area contributed by atoms with E-state index in [1.54, 1.807) is 0 Å². The molecule has 0 saturated heterocycles. The summed E-state index contributed by atoms with van der Waals surface area (Å²) in [6, 6.07) is 47.4. The lowest BCUT2D eigenvalue weighted by atomic mass is 10.0. The van der Waals surface area contributed by atoms with Crippen molar-refractivity contribution in [1.82, 2.24) is 9.13 Å². The molecule has 192 valence electrons. The summed E-state index contributed by atoms with van der Waals surface area (Å²) in [6.45, 7) is 9.49. The number of nitrogens with zero attached hydrogens (tertiary/aromatic N) is 3. The van der Waals surface area contributed by atoms with Crippen LogP contribution in [-0.2, 0) is 0 Å². The van der Waals surface area contributed by atoms with Gasteiger partial charge in [-0.2, -0.15) is 0 Å². The second kappa shape index (κ2) is 8.98. The third kappa shape index (κ3) is 3.51. The minimum absolute atomic E-state index is 0.665. The van der Waals surface area contributed by atoms with E-state index in [4.69, 9.17) is 6.57 Å². The summed E-state index contributed by atoms with van der Waals surface area (Å²) >= 11 is 0. The average Bonchev–Trinajstić information content (AvgIpc) is 3.53. The fourth-order valence-corrected chi connectivity index (χ4v) is 6.38. The van der Waals surface area contributed by atoms with Gasteiger partial charge in [-0.1, -0.05) is 78.9 Å². The molecule has 8 aromatic rings. The Morgan fingerprint density at radius 3 is 1.63 bits per heavy atom. The molecule has 3 nitrogen and oxygen atoms in total. The Hall–Kier alpha value is -5.59. The molecule has 0 unspecified atom stereocenters. The number of hydrogen-bond donors (Lipinski definition) is 0. The summed E-state index contributed by atoms with van der Waals surface area (Å²) in [5, 5.41) is 4.95. The molecule has 0 radical (unpaired) electrons. The molecule has 0 N–H and O–H groups in total. The second-order valence-electron chi connectivity index (χ2n) is 10.6. The van der Waals surface area contributed by atoms with Crippen molar-refractivity contribution in [1.29, 1.82) is 0 Å². The number of para-hydroxylation sites is 3. The van der Waals surface area contributed by atoms with E-state index in [-0.39, 0.29) is 0 Å². The van der Waals surface area contributed by atoms with Gasteiger partial charge in [-0.05, 0) is 78.2 Å². The van der Waals surface area contributed by atoms with E-state index in [1.165, 1.54) is 54.9 Å². The topological polar surface area (TPSA) is 14.2 Å². The Morgan fingerprint density at radius 1 is 0.488 bits per heavy atom. The maximum absolute atomic E-state index is 7.41. The molecule has 41 heavy (non-hydrogen) atoms. The Bertz CT molecular complexity index is 2330. The summed E-state index contributed by atoms with van der Waals surface area (Å²) in [4.78, 5) is 3.62. The van der Waals surface area contributed by atoms with Crippen molar-refractivity contribution < 1.29 is 0 Å². The third-order valence-electron chi connectivity index (χ3n) is 8.24. The van der Waals surface area contributed by atoms with Crippen molar-refractivity contribution in [2.45, 2.75) is 6.92 Å². The third-order valence-corrected chi connectivity index (χ3v) is 8.24. The zero-order valence-electron chi connectivity index (χ0n) is 22.5. The van der Waals surface area contributed by atoms with E-state index in [0.717, 1.165) is 16.8 Å². The van der Waals surface area contributed by atoms with Gasteiger partial charge in [-0.15, -0.1) is 0 Å². The highest BCUT2D eigenvalue weighted by molar-refractivity contribution is 6.12. The number of rotatable bonds is 3. The zero-order chi connectivity index (χ0) is 27.5. The van der Waals surface area contributed by atoms with Gasteiger partial charge in [0.25, 0.3) is 0 Å². The van der Waals surface area contributed by atoms with E-state index in [1.807, 2.05) is 12.1 Å². The van der Waals surface area contributed by atoms with Crippen molar-refractivity contribution >= 4 is 49.3 Å². The van der Waals surface area contributed by atoms with Gasteiger partial charge in [0.05, 0.1) is 28.6 Å². The van der Waals surface area contributed by atoms with Crippen LogP contribution in [0.3, 0.4) is 0 Å². The highest BCUT2D eigenvalue weighted by Crippen LogP contribution is 2.38. The average molecular weight is 524 g/mol. The van der Waals surface area contributed by atoms with Gasteiger partial charge in [0.2, 0.25) is 0 Å². The smallest absolute Gasteiger partial charge is 0.187 e. The maximum Gasteiger partial charge on any atom is 0.187 e. The molecule has 0 aliphatic heterocycles. The number of aromatic nitrogens is 2. The number of benzene rings is 6. The van der Waals surface area contributed by atoms with Crippen LogP contribution < -0.4 is 0 Å². The molecule has 2 aromatic heterocycles. The standard InChI is InChI=1S/C38H25N3/c1-25-22-28(39-2)18-21-34(25)41-36-15-9-7-13-31(36)33-24-27(17-20-38(33)41)26-16-19-37-32(23-26)30-12-6-8-14-35(30)40(37)29-10-4-3-5-11-29/h3-24H,1H3. The van der Waals surface area contributed by atoms with Gasteiger partial charge >= 0.3 is 0 Å². The molecule has 3 heteroatoms. The lowest BCUT2D eigenvalue weighted by Crippen LogP contribution is -1.96. The Balaban J connectivity index is 1.35. The molecular weight excluding hydrogens is 498 g/mol. The van der Waals surface area contributed by atoms with E-state index in [2.05, 4.69) is 142 Å². The number of hydrogen-bond acceptors (Lipinski definition) is 0. The van der Waals surface area contributed by atoms with E-state index < -0.39 is 0 Å². The molecule has 0 spiro atoms. The molecule has 6 aromatic carbocycles. The fraction of sp³-hybridized carbons (Fsp3) is 0.0263. The molecule has 0 atom stereocenters. The molecule has 0 aliphatic rings. The molecule has 0 aliphatic carbocycles. The normalized spacial score (nSPS) is 11.5. The monoisotopic (exact) mass is 523 g/mol. The van der Waals surface area contributed by atoms with Crippen LogP contribution in [-0.4, -0.2) is 9.13 Å². The minimum atomic E-state index is 0.665. The lowest BCUT2D eigenvalue weighted by molar-refractivity contribution is 1.15. The van der Waals surface area contributed by atoms with E-state index in [0.29, 0.717) is 5.69 Å². The molecule has 0 fully saturated rings. The number of aryl methyl sites for hydroxylation is 1. The first-order valence-electron chi connectivity index (χ1n) is 13.8. The molecule has 0 saturated carbocycles. The zero-order valence-corrected chi connectivity index (χ0v) is 22.5. The molecular formula is C38H25N3. The van der Waals surface area contributed by atoms with Crippen molar-refractivity contribution in [2.75, 3.05) is 0 Å². The number of fused-ring (bicyclic) bond motifs is 6. The maximum atomic E-state index is 7.41. The lowest BCUT2D eigenvalue weighted by Gasteiger charge is -2.12.